The Bertz CT molecular complexity index is 939. The van der Waals surface area contributed by atoms with E-state index in [1.165, 1.54) is 0 Å². The minimum absolute atomic E-state index is 0.00736. The van der Waals surface area contributed by atoms with E-state index in [1.807, 2.05) is 6.92 Å². The lowest BCUT2D eigenvalue weighted by molar-refractivity contribution is -0.193. The summed E-state index contributed by atoms with van der Waals surface area (Å²) in [5, 5.41) is 31.5. The molecule has 5 fully saturated rings. The molecule has 0 aromatic rings. The summed E-state index contributed by atoms with van der Waals surface area (Å²) in [6.45, 7) is 6.33. The van der Waals surface area contributed by atoms with Crippen LogP contribution in [-0.4, -0.2) is 33.3 Å². The van der Waals surface area contributed by atoms with Crippen molar-refractivity contribution in [1.82, 2.24) is 0 Å². The Labute approximate surface area is 189 Å². The summed E-state index contributed by atoms with van der Waals surface area (Å²) in [5.74, 6) is -1.77. The molecule has 0 heterocycles. The molecule has 5 saturated carbocycles. The Hall–Kier alpha value is -1.74. The van der Waals surface area contributed by atoms with E-state index in [4.69, 9.17) is 0 Å². The van der Waals surface area contributed by atoms with Gasteiger partial charge in [0.1, 0.15) is 11.6 Å². The number of hydrogen-bond acceptors (Lipinski definition) is 5. The number of carboxylic acids is 1. The van der Waals surface area contributed by atoms with Crippen LogP contribution in [0.5, 0.6) is 0 Å². The topological polar surface area (TPSA) is 115 Å². The largest absolute Gasteiger partial charge is 0.481 e. The van der Waals surface area contributed by atoms with Crippen LogP contribution in [0.4, 0.5) is 0 Å². The molecule has 32 heavy (non-hydrogen) atoms. The molecular formula is C26H35NO5. The van der Waals surface area contributed by atoms with E-state index in [1.54, 1.807) is 0 Å². The monoisotopic (exact) mass is 441 g/mol. The molecule has 0 spiro atoms. The van der Waals surface area contributed by atoms with Crippen molar-refractivity contribution in [2.45, 2.75) is 84.2 Å². The molecule has 0 unspecified atom stereocenters. The lowest BCUT2D eigenvalue weighted by Gasteiger charge is -2.65. The fourth-order valence-corrected chi connectivity index (χ4v) is 10.1. The van der Waals surface area contributed by atoms with Crippen LogP contribution in [0.1, 0.15) is 78.6 Å². The number of aliphatic carboxylic acids is 1. The van der Waals surface area contributed by atoms with Crippen LogP contribution in [0.15, 0.2) is 0 Å². The van der Waals surface area contributed by atoms with Gasteiger partial charge in [-0.3, -0.25) is 14.4 Å². The van der Waals surface area contributed by atoms with Crippen molar-refractivity contribution in [3.8, 4) is 6.07 Å². The zero-order chi connectivity index (χ0) is 23.3. The van der Waals surface area contributed by atoms with E-state index < -0.39 is 28.3 Å². The van der Waals surface area contributed by atoms with Crippen LogP contribution in [0, 0.1) is 63.1 Å². The molecule has 174 valence electrons. The van der Waals surface area contributed by atoms with Gasteiger partial charge in [0.05, 0.1) is 23.0 Å². The number of rotatable bonds is 4. The van der Waals surface area contributed by atoms with Gasteiger partial charge < -0.3 is 10.2 Å². The Morgan fingerprint density at radius 1 is 1.12 bits per heavy atom. The number of carboxylic acid groups (broad SMARTS) is 1. The normalized spacial score (nSPS) is 53.5. The smallest absolute Gasteiger partial charge is 0.303 e. The van der Waals surface area contributed by atoms with E-state index in [9.17, 15) is 29.9 Å². The molecule has 0 aliphatic heterocycles. The average Bonchev–Trinajstić information content (AvgIpc) is 3.16. The zero-order valence-corrected chi connectivity index (χ0v) is 19.4. The summed E-state index contributed by atoms with van der Waals surface area (Å²) < 4.78 is 0. The van der Waals surface area contributed by atoms with Crippen LogP contribution >= 0.6 is 0 Å². The molecule has 0 aromatic carbocycles. The van der Waals surface area contributed by atoms with Gasteiger partial charge in [-0.15, -0.1) is 0 Å². The summed E-state index contributed by atoms with van der Waals surface area (Å²) in [5.41, 5.74) is -2.75. The third kappa shape index (κ3) is 2.22. The predicted octanol–water partition coefficient (Wildman–Crippen LogP) is 3.76. The number of fused-ring (bicyclic) bond motifs is 6. The number of nitriles is 1. The van der Waals surface area contributed by atoms with Gasteiger partial charge in [-0.25, -0.2) is 0 Å². The Balaban J connectivity index is 1.63. The van der Waals surface area contributed by atoms with E-state index in [0.29, 0.717) is 25.7 Å². The minimum atomic E-state index is -1.04. The zero-order valence-electron chi connectivity index (χ0n) is 19.4. The highest BCUT2D eigenvalue weighted by atomic mass is 16.4. The Kier molecular flexibility index (Phi) is 4.59. The van der Waals surface area contributed by atoms with Crippen LogP contribution in [0.3, 0.4) is 0 Å². The van der Waals surface area contributed by atoms with Crippen molar-refractivity contribution < 1.29 is 24.6 Å². The van der Waals surface area contributed by atoms with E-state index in [2.05, 4.69) is 19.9 Å². The van der Waals surface area contributed by atoms with Crippen LogP contribution in [-0.2, 0) is 14.4 Å². The van der Waals surface area contributed by atoms with Gasteiger partial charge in [0.15, 0.2) is 0 Å². The number of Topliss-reactive ketones (excluding diaryl/α,β-unsaturated/α-hetero) is 2. The van der Waals surface area contributed by atoms with E-state index in [0.717, 1.165) is 19.3 Å². The minimum Gasteiger partial charge on any atom is -0.481 e. The molecule has 0 aromatic heterocycles. The van der Waals surface area contributed by atoms with Crippen molar-refractivity contribution in [2.75, 3.05) is 0 Å². The standard InChI is InChI=1S/C26H35NO5/c1-4-14-20-19-15-6-11-25(32,12-8-18(29)30)23(15,2)9-5-16(19)24(3)10-7-17(28)21(22(20)31)26(14,24)13-27/h14-16,19-21,32H,4-12H2,1-3H3,(H,29,30)/t14-,15-,16-,19-,20+,21-,23-,24+,25+,26+/m0/s1. The lowest BCUT2D eigenvalue weighted by atomic mass is 9.37. The van der Waals surface area contributed by atoms with Crippen molar-refractivity contribution >= 4 is 17.5 Å². The van der Waals surface area contributed by atoms with Gasteiger partial charge in [0.25, 0.3) is 0 Å². The first-order valence-electron chi connectivity index (χ1n) is 12.4. The molecule has 6 heteroatoms. The van der Waals surface area contributed by atoms with E-state index in [-0.39, 0.29) is 59.4 Å². The van der Waals surface area contributed by atoms with Gasteiger partial charge in [0, 0.05) is 18.8 Å². The molecule has 0 radical (unpaired) electrons. The highest BCUT2D eigenvalue weighted by Crippen LogP contribution is 2.78. The molecule has 2 bridgehead atoms. The fraction of sp³-hybridized carbons (Fsp3) is 0.846. The number of carbonyl (C=O) groups is 3. The number of carbonyl (C=O) groups excluding carboxylic acids is 2. The third-order valence-electron chi connectivity index (χ3n) is 11.5. The Morgan fingerprint density at radius 2 is 1.78 bits per heavy atom. The molecular weight excluding hydrogens is 406 g/mol. The maximum absolute atomic E-state index is 13.9. The fourth-order valence-electron chi connectivity index (χ4n) is 10.1. The van der Waals surface area contributed by atoms with Gasteiger partial charge >= 0.3 is 5.97 Å². The molecule has 0 amide bonds. The van der Waals surface area contributed by atoms with Crippen LogP contribution in [0.2, 0.25) is 0 Å². The first-order valence-corrected chi connectivity index (χ1v) is 12.4. The summed E-state index contributed by atoms with van der Waals surface area (Å²) >= 11 is 0. The van der Waals surface area contributed by atoms with Crippen molar-refractivity contribution in [1.29, 1.82) is 5.26 Å². The van der Waals surface area contributed by atoms with Crippen molar-refractivity contribution in [3.63, 3.8) is 0 Å². The highest BCUT2D eigenvalue weighted by Gasteiger charge is 2.80. The number of nitrogens with zero attached hydrogens (tertiary/aromatic N) is 1. The van der Waals surface area contributed by atoms with Crippen LogP contribution < -0.4 is 0 Å². The maximum atomic E-state index is 13.9. The Morgan fingerprint density at radius 3 is 2.41 bits per heavy atom. The maximum Gasteiger partial charge on any atom is 0.303 e. The summed E-state index contributed by atoms with van der Waals surface area (Å²) in [6.07, 6.45) is 4.89. The van der Waals surface area contributed by atoms with Crippen LogP contribution in [0.25, 0.3) is 0 Å². The summed E-state index contributed by atoms with van der Waals surface area (Å²) in [4.78, 5) is 38.2. The average molecular weight is 442 g/mol. The van der Waals surface area contributed by atoms with Gasteiger partial charge in [-0.05, 0) is 73.0 Å². The second kappa shape index (κ2) is 6.65. The van der Waals surface area contributed by atoms with Crippen molar-refractivity contribution in [3.05, 3.63) is 0 Å². The summed E-state index contributed by atoms with van der Waals surface area (Å²) in [7, 11) is 0. The van der Waals surface area contributed by atoms with E-state index >= 15 is 0 Å². The molecule has 6 nitrogen and oxygen atoms in total. The predicted molar refractivity (Wildman–Crippen MR) is 115 cm³/mol. The molecule has 5 aliphatic carbocycles. The number of hydrogen-bond donors (Lipinski definition) is 2. The third-order valence-corrected chi connectivity index (χ3v) is 11.5. The lowest BCUT2D eigenvalue weighted by Crippen LogP contribution is -2.64. The molecule has 10 atom stereocenters. The summed E-state index contributed by atoms with van der Waals surface area (Å²) in [6, 6.07) is 2.61. The van der Waals surface area contributed by atoms with Gasteiger partial charge in [0.2, 0.25) is 0 Å². The second-order valence-corrected chi connectivity index (χ2v) is 12.0. The van der Waals surface area contributed by atoms with Gasteiger partial charge in [-0.1, -0.05) is 27.2 Å². The first-order chi connectivity index (χ1) is 15.0. The first kappa shape index (κ1) is 22.1. The molecule has 5 aliphatic rings. The second-order valence-electron chi connectivity index (χ2n) is 12.0. The number of aliphatic hydroxyl groups is 1. The molecule has 0 saturated heterocycles. The highest BCUT2D eigenvalue weighted by molar-refractivity contribution is 6.08. The number of ketones is 2. The van der Waals surface area contributed by atoms with Gasteiger partial charge in [-0.2, -0.15) is 5.26 Å². The molecule has 5 rings (SSSR count). The molecule has 2 N–H and O–H groups in total. The quantitative estimate of drug-likeness (QED) is 0.642. The van der Waals surface area contributed by atoms with Crippen molar-refractivity contribution in [2.24, 2.45) is 51.8 Å². The SMILES string of the molecule is CC[C@H]1[C@H]2C(=O)[C@@H]3C(=O)CC[C@](C)([C@H]4CC[C@@]5(C)[C@@H](CC[C@@]5(O)CCC(=O)O)[C@H]24)[C@@]31C#N.